The molecule has 0 aromatic carbocycles. The minimum atomic E-state index is -5.14. The average Bonchev–Trinajstić information content (AvgIpc) is 2.57. The lowest BCUT2D eigenvalue weighted by atomic mass is 10.2. The maximum atomic E-state index is 12.5. The standard InChI is InChI=1S/C7H5F6N3O/c1-3(6(8,9)10)16-5(7(11,12)13)4(2-17)14-15-16/h2-3H,1H3. The molecule has 17 heavy (non-hydrogen) atoms. The van der Waals surface area contributed by atoms with Crippen molar-refractivity contribution in [3.05, 3.63) is 11.4 Å². The Hall–Kier alpha value is -1.61. The van der Waals surface area contributed by atoms with Crippen LogP contribution >= 0.6 is 0 Å². The van der Waals surface area contributed by atoms with Crippen molar-refractivity contribution in [1.82, 2.24) is 15.0 Å². The molecule has 0 aliphatic rings. The number of rotatable bonds is 2. The summed E-state index contributed by atoms with van der Waals surface area (Å²) in [4.78, 5) is 10.3. The molecular weight excluding hydrogens is 256 g/mol. The predicted molar refractivity (Wildman–Crippen MR) is 41.2 cm³/mol. The maximum Gasteiger partial charge on any atom is 0.435 e. The molecule has 96 valence electrons. The van der Waals surface area contributed by atoms with Gasteiger partial charge in [0, 0.05) is 0 Å². The minimum Gasteiger partial charge on any atom is -0.296 e. The fourth-order valence-corrected chi connectivity index (χ4v) is 1.07. The van der Waals surface area contributed by atoms with Gasteiger partial charge >= 0.3 is 12.4 Å². The molecule has 0 bridgehead atoms. The molecule has 1 unspecified atom stereocenters. The van der Waals surface area contributed by atoms with E-state index in [0.717, 1.165) is 0 Å². The molecule has 0 radical (unpaired) electrons. The third-order valence-corrected chi connectivity index (χ3v) is 1.94. The molecule has 0 saturated carbocycles. The van der Waals surface area contributed by atoms with Gasteiger partial charge in [-0.3, -0.25) is 4.79 Å². The SMILES string of the molecule is CC(n1nnc(C=O)c1C(F)(F)F)C(F)(F)F. The topological polar surface area (TPSA) is 47.8 Å². The number of alkyl halides is 6. The second kappa shape index (κ2) is 4.00. The molecule has 0 aliphatic carbocycles. The van der Waals surface area contributed by atoms with Crippen LogP contribution in [0, 0.1) is 0 Å². The monoisotopic (exact) mass is 261 g/mol. The lowest BCUT2D eigenvalue weighted by Crippen LogP contribution is -2.29. The average molecular weight is 261 g/mol. The zero-order chi connectivity index (χ0) is 13.4. The van der Waals surface area contributed by atoms with Gasteiger partial charge in [0.05, 0.1) is 0 Å². The molecule has 4 nitrogen and oxygen atoms in total. The van der Waals surface area contributed by atoms with Crippen LogP contribution in [-0.4, -0.2) is 27.5 Å². The molecule has 10 heteroatoms. The lowest BCUT2D eigenvalue weighted by Gasteiger charge is -2.18. The first-order valence-corrected chi connectivity index (χ1v) is 4.13. The van der Waals surface area contributed by atoms with Crippen molar-refractivity contribution >= 4 is 6.29 Å². The number of aromatic nitrogens is 3. The third-order valence-electron chi connectivity index (χ3n) is 1.94. The summed E-state index contributed by atoms with van der Waals surface area (Å²) in [5, 5.41) is 5.48. The molecule has 0 aliphatic heterocycles. The number of carbonyl (C=O) groups excluding carboxylic acids is 1. The highest BCUT2D eigenvalue weighted by atomic mass is 19.4. The Morgan fingerprint density at radius 3 is 2.12 bits per heavy atom. The Bertz CT molecular complexity index is 420. The lowest BCUT2D eigenvalue weighted by molar-refractivity contribution is -0.177. The molecule has 0 fully saturated rings. The Labute approximate surface area is 90.2 Å². The van der Waals surface area contributed by atoms with Gasteiger partial charge in [0.15, 0.2) is 17.7 Å². The van der Waals surface area contributed by atoms with Crippen LogP contribution < -0.4 is 0 Å². The van der Waals surface area contributed by atoms with E-state index in [1.54, 1.807) is 0 Å². The van der Waals surface area contributed by atoms with E-state index < -0.39 is 29.8 Å². The van der Waals surface area contributed by atoms with Crippen molar-refractivity contribution < 1.29 is 31.1 Å². The number of hydrogen-bond donors (Lipinski definition) is 0. The smallest absolute Gasteiger partial charge is 0.296 e. The van der Waals surface area contributed by atoms with E-state index in [-0.39, 0.29) is 11.0 Å². The summed E-state index contributed by atoms with van der Waals surface area (Å²) in [6.07, 6.45) is -10.4. The van der Waals surface area contributed by atoms with Crippen LogP contribution in [0.25, 0.3) is 0 Å². The molecule has 1 atom stereocenters. The van der Waals surface area contributed by atoms with E-state index in [4.69, 9.17) is 0 Å². The van der Waals surface area contributed by atoms with Crippen LogP contribution in [0.1, 0.15) is 29.1 Å². The zero-order valence-corrected chi connectivity index (χ0v) is 8.17. The molecular formula is C7H5F6N3O. The fourth-order valence-electron chi connectivity index (χ4n) is 1.07. The number of nitrogens with zero attached hydrogens (tertiary/aromatic N) is 3. The van der Waals surface area contributed by atoms with Gasteiger partial charge in [0.1, 0.15) is 6.04 Å². The van der Waals surface area contributed by atoms with Crippen molar-refractivity contribution in [1.29, 1.82) is 0 Å². The first-order chi connectivity index (χ1) is 7.59. The van der Waals surface area contributed by atoms with Gasteiger partial charge in [0.2, 0.25) is 0 Å². The van der Waals surface area contributed by atoms with Gasteiger partial charge < -0.3 is 0 Å². The van der Waals surface area contributed by atoms with Crippen LogP contribution in [0.2, 0.25) is 0 Å². The molecule has 1 aromatic heterocycles. The summed E-state index contributed by atoms with van der Waals surface area (Å²) in [5.41, 5.74) is -2.98. The van der Waals surface area contributed by atoms with Crippen molar-refractivity contribution in [2.45, 2.75) is 25.3 Å². The maximum absolute atomic E-state index is 12.5. The zero-order valence-electron chi connectivity index (χ0n) is 8.17. The summed E-state index contributed by atoms with van der Waals surface area (Å²) < 4.78 is 73.8. The first kappa shape index (κ1) is 13.5. The van der Waals surface area contributed by atoms with Gasteiger partial charge in [-0.25, -0.2) is 4.68 Å². The molecule has 0 saturated heterocycles. The fraction of sp³-hybridized carbons (Fsp3) is 0.571. The van der Waals surface area contributed by atoms with Crippen LogP contribution in [0.3, 0.4) is 0 Å². The molecule has 0 amide bonds. The first-order valence-electron chi connectivity index (χ1n) is 4.13. The summed E-state index contributed by atoms with van der Waals surface area (Å²) in [6.45, 7) is 0.485. The van der Waals surface area contributed by atoms with Gasteiger partial charge in [-0.2, -0.15) is 26.3 Å². The van der Waals surface area contributed by atoms with Crippen LogP contribution in [0.15, 0.2) is 0 Å². The summed E-state index contributed by atoms with van der Waals surface area (Å²) in [7, 11) is 0. The van der Waals surface area contributed by atoms with E-state index in [9.17, 15) is 31.1 Å². The molecule has 1 heterocycles. The van der Waals surface area contributed by atoms with Crippen molar-refractivity contribution in [3.63, 3.8) is 0 Å². The third kappa shape index (κ3) is 2.56. The number of carbonyl (C=O) groups is 1. The Kier molecular flexibility index (Phi) is 3.17. The molecule has 1 rings (SSSR count). The predicted octanol–water partition coefficient (Wildman–Crippen LogP) is 2.23. The summed E-state index contributed by atoms with van der Waals surface area (Å²) in [5.74, 6) is 0. The number of hydrogen-bond acceptors (Lipinski definition) is 3. The van der Waals surface area contributed by atoms with E-state index in [1.165, 1.54) is 0 Å². The highest BCUT2D eigenvalue weighted by Crippen LogP contribution is 2.36. The van der Waals surface area contributed by atoms with Crippen molar-refractivity contribution in [2.75, 3.05) is 0 Å². The van der Waals surface area contributed by atoms with Crippen molar-refractivity contribution in [3.8, 4) is 0 Å². The second-order valence-corrected chi connectivity index (χ2v) is 3.10. The Balaban J connectivity index is 3.36. The van der Waals surface area contributed by atoms with Crippen LogP contribution in [-0.2, 0) is 6.18 Å². The van der Waals surface area contributed by atoms with Crippen LogP contribution in [0.4, 0.5) is 26.3 Å². The Morgan fingerprint density at radius 1 is 1.24 bits per heavy atom. The molecule has 0 N–H and O–H groups in total. The quantitative estimate of drug-likeness (QED) is 0.605. The number of aldehydes is 1. The highest BCUT2D eigenvalue weighted by Gasteiger charge is 2.46. The minimum absolute atomic E-state index is 0.296. The Morgan fingerprint density at radius 2 is 1.76 bits per heavy atom. The normalized spacial score (nSPS) is 14.8. The van der Waals surface area contributed by atoms with Gasteiger partial charge in [-0.15, -0.1) is 5.10 Å². The van der Waals surface area contributed by atoms with Gasteiger partial charge in [0.25, 0.3) is 0 Å². The van der Waals surface area contributed by atoms with Gasteiger partial charge in [-0.1, -0.05) is 5.21 Å². The summed E-state index contributed by atoms with van der Waals surface area (Å²) in [6, 6.07) is -2.53. The largest absolute Gasteiger partial charge is 0.435 e. The van der Waals surface area contributed by atoms with Crippen molar-refractivity contribution in [2.24, 2.45) is 0 Å². The second-order valence-electron chi connectivity index (χ2n) is 3.10. The number of halogens is 6. The van der Waals surface area contributed by atoms with E-state index >= 15 is 0 Å². The molecule has 1 aromatic rings. The van der Waals surface area contributed by atoms with Crippen LogP contribution in [0.5, 0.6) is 0 Å². The van der Waals surface area contributed by atoms with E-state index in [0.29, 0.717) is 6.92 Å². The highest BCUT2D eigenvalue weighted by molar-refractivity contribution is 5.73. The van der Waals surface area contributed by atoms with Gasteiger partial charge in [-0.05, 0) is 6.92 Å². The van der Waals surface area contributed by atoms with E-state index in [1.807, 2.05) is 0 Å². The molecule has 0 spiro atoms. The summed E-state index contributed by atoms with van der Waals surface area (Å²) >= 11 is 0. The van der Waals surface area contributed by atoms with E-state index in [2.05, 4.69) is 10.3 Å².